The summed E-state index contributed by atoms with van der Waals surface area (Å²) in [5, 5.41) is 0. The summed E-state index contributed by atoms with van der Waals surface area (Å²) < 4.78 is 10.8. The first-order valence-corrected chi connectivity index (χ1v) is 10.2. The van der Waals surface area contributed by atoms with Gasteiger partial charge in [-0.25, -0.2) is 4.79 Å². The monoisotopic (exact) mass is 257 g/mol. The Labute approximate surface area is 104 Å². The number of fused-ring (bicyclic) bond motifs is 1. The van der Waals surface area contributed by atoms with Crippen molar-refractivity contribution >= 4 is 14.2 Å². The van der Waals surface area contributed by atoms with Crippen LogP contribution in [0.15, 0.2) is 0 Å². The third kappa shape index (κ3) is 3.99. The summed E-state index contributed by atoms with van der Waals surface area (Å²) in [7, 11) is -1.10. The van der Waals surface area contributed by atoms with Gasteiger partial charge >= 0.3 is 6.09 Å². The molecule has 2 aliphatic heterocycles. The van der Waals surface area contributed by atoms with E-state index in [1.807, 2.05) is 4.90 Å². The molecule has 2 rings (SSSR count). The van der Waals surface area contributed by atoms with E-state index in [0.29, 0.717) is 18.8 Å². The summed E-state index contributed by atoms with van der Waals surface area (Å²) in [6.45, 7) is 9.02. The minimum atomic E-state index is -1.10. The molecular formula is C12H23NO3Si. The topological polar surface area (TPSA) is 42.1 Å². The second-order valence-corrected chi connectivity index (χ2v) is 11.8. The van der Waals surface area contributed by atoms with Gasteiger partial charge in [0.15, 0.2) is 0 Å². The number of hydrogen-bond acceptors (Lipinski definition) is 3. The van der Waals surface area contributed by atoms with Crippen molar-refractivity contribution in [2.75, 3.05) is 19.7 Å². The van der Waals surface area contributed by atoms with Crippen molar-refractivity contribution in [2.24, 2.45) is 0 Å². The summed E-state index contributed by atoms with van der Waals surface area (Å²) >= 11 is 0. The third-order valence-electron chi connectivity index (χ3n) is 3.39. The molecule has 98 valence electrons. The van der Waals surface area contributed by atoms with Crippen LogP contribution in [-0.2, 0) is 9.47 Å². The van der Waals surface area contributed by atoms with Crippen molar-refractivity contribution in [1.29, 1.82) is 0 Å². The summed E-state index contributed by atoms with van der Waals surface area (Å²) in [5.74, 6) is 0. The predicted molar refractivity (Wildman–Crippen MR) is 69.0 cm³/mol. The molecule has 0 saturated carbocycles. The van der Waals surface area contributed by atoms with E-state index in [2.05, 4.69) is 19.6 Å². The number of epoxide rings is 1. The highest BCUT2D eigenvalue weighted by Crippen LogP contribution is 2.31. The number of carbonyl (C=O) groups excluding carboxylic acids is 1. The average Bonchev–Trinajstić information content (AvgIpc) is 2.92. The molecule has 17 heavy (non-hydrogen) atoms. The minimum Gasteiger partial charge on any atom is -0.450 e. The van der Waals surface area contributed by atoms with Crippen LogP contribution in [-0.4, -0.2) is 51.0 Å². The van der Waals surface area contributed by atoms with E-state index in [1.54, 1.807) is 0 Å². The zero-order chi connectivity index (χ0) is 12.5. The maximum atomic E-state index is 11.8. The van der Waals surface area contributed by atoms with Gasteiger partial charge in [0, 0.05) is 21.2 Å². The highest BCUT2D eigenvalue weighted by atomic mass is 28.3. The quantitative estimate of drug-likeness (QED) is 0.575. The fourth-order valence-corrected chi connectivity index (χ4v) is 2.80. The van der Waals surface area contributed by atoms with E-state index in [1.165, 1.54) is 0 Å². The second-order valence-electron chi connectivity index (χ2n) is 6.20. The molecule has 0 N–H and O–H groups in total. The van der Waals surface area contributed by atoms with E-state index in [0.717, 1.165) is 32.0 Å². The maximum Gasteiger partial charge on any atom is 0.409 e. The predicted octanol–water partition coefficient (Wildman–Crippen LogP) is 2.32. The first kappa shape index (κ1) is 12.9. The molecule has 2 aliphatic rings. The Morgan fingerprint density at radius 3 is 2.41 bits per heavy atom. The Balaban J connectivity index is 1.68. The lowest BCUT2D eigenvalue weighted by atomic mass is 10.2. The zero-order valence-corrected chi connectivity index (χ0v) is 12.1. The molecule has 0 aromatic heterocycles. The van der Waals surface area contributed by atoms with E-state index in [-0.39, 0.29) is 6.09 Å². The van der Waals surface area contributed by atoms with Crippen LogP contribution in [0.1, 0.15) is 12.8 Å². The number of ether oxygens (including phenoxy) is 2. The number of rotatable bonds is 3. The molecule has 0 spiro atoms. The minimum absolute atomic E-state index is 0.135. The largest absolute Gasteiger partial charge is 0.450 e. The molecule has 0 bridgehead atoms. The molecule has 4 nitrogen and oxygen atoms in total. The van der Waals surface area contributed by atoms with Gasteiger partial charge in [0.1, 0.15) is 0 Å². The van der Waals surface area contributed by atoms with E-state index in [9.17, 15) is 4.79 Å². The lowest BCUT2D eigenvalue weighted by molar-refractivity contribution is 0.104. The standard InChI is InChI=1S/C12H23NO3Si/c1-17(2,3)9-8-15-12(14)13-6-4-10-11(16-10)5-7-13/h10-11H,4-9H2,1-3H3. The first-order valence-electron chi connectivity index (χ1n) is 6.53. The molecule has 0 aromatic rings. The summed E-state index contributed by atoms with van der Waals surface area (Å²) in [6.07, 6.45) is 2.62. The first-order chi connectivity index (χ1) is 7.96. The Morgan fingerprint density at radius 2 is 1.88 bits per heavy atom. The van der Waals surface area contributed by atoms with Gasteiger partial charge in [-0.1, -0.05) is 19.6 Å². The van der Waals surface area contributed by atoms with Crippen molar-refractivity contribution in [2.45, 2.75) is 50.7 Å². The summed E-state index contributed by atoms with van der Waals surface area (Å²) in [4.78, 5) is 13.7. The smallest absolute Gasteiger partial charge is 0.409 e. The van der Waals surface area contributed by atoms with Crippen molar-refractivity contribution < 1.29 is 14.3 Å². The molecular weight excluding hydrogens is 234 g/mol. The Morgan fingerprint density at radius 1 is 1.29 bits per heavy atom. The normalized spacial score (nSPS) is 28.3. The van der Waals surface area contributed by atoms with Crippen LogP contribution in [0.25, 0.3) is 0 Å². The van der Waals surface area contributed by atoms with Crippen LogP contribution in [0.2, 0.25) is 25.7 Å². The molecule has 2 heterocycles. The average molecular weight is 257 g/mol. The number of likely N-dealkylation sites (tertiary alicyclic amines) is 1. The van der Waals surface area contributed by atoms with Crippen molar-refractivity contribution in [1.82, 2.24) is 4.90 Å². The van der Waals surface area contributed by atoms with E-state index < -0.39 is 8.07 Å². The SMILES string of the molecule is C[Si](C)(C)CCOC(=O)N1CCC2OC2CC1. The lowest BCUT2D eigenvalue weighted by Gasteiger charge is -2.22. The van der Waals surface area contributed by atoms with Crippen LogP contribution in [0, 0.1) is 0 Å². The van der Waals surface area contributed by atoms with E-state index in [4.69, 9.17) is 9.47 Å². The van der Waals surface area contributed by atoms with Gasteiger partial charge in [-0.2, -0.15) is 0 Å². The second kappa shape index (κ2) is 4.98. The van der Waals surface area contributed by atoms with Crippen molar-refractivity contribution in [3.8, 4) is 0 Å². The molecule has 2 atom stereocenters. The molecule has 0 aliphatic carbocycles. The van der Waals surface area contributed by atoms with Gasteiger partial charge in [0.2, 0.25) is 0 Å². The Hall–Kier alpha value is -0.553. The fraction of sp³-hybridized carbons (Fsp3) is 0.917. The Kier molecular flexibility index (Phi) is 3.78. The molecule has 2 saturated heterocycles. The molecule has 0 radical (unpaired) electrons. The van der Waals surface area contributed by atoms with Gasteiger partial charge in [-0.3, -0.25) is 0 Å². The lowest BCUT2D eigenvalue weighted by Crippen LogP contribution is -2.34. The number of hydrogen-bond donors (Lipinski definition) is 0. The van der Waals surface area contributed by atoms with Crippen LogP contribution >= 0.6 is 0 Å². The van der Waals surface area contributed by atoms with Crippen LogP contribution in [0.4, 0.5) is 4.79 Å². The van der Waals surface area contributed by atoms with Crippen molar-refractivity contribution in [3.63, 3.8) is 0 Å². The summed E-state index contributed by atoms with van der Waals surface area (Å²) in [5.41, 5.74) is 0. The van der Waals surface area contributed by atoms with Gasteiger partial charge in [-0.15, -0.1) is 0 Å². The van der Waals surface area contributed by atoms with Crippen LogP contribution < -0.4 is 0 Å². The van der Waals surface area contributed by atoms with Gasteiger partial charge in [0.25, 0.3) is 0 Å². The van der Waals surface area contributed by atoms with Crippen LogP contribution in [0.5, 0.6) is 0 Å². The highest BCUT2D eigenvalue weighted by molar-refractivity contribution is 6.76. The molecule has 1 amide bonds. The van der Waals surface area contributed by atoms with Crippen molar-refractivity contribution in [3.05, 3.63) is 0 Å². The molecule has 5 heteroatoms. The fourth-order valence-electron chi connectivity index (χ4n) is 2.08. The highest BCUT2D eigenvalue weighted by Gasteiger charge is 2.41. The maximum absolute atomic E-state index is 11.8. The number of amides is 1. The zero-order valence-electron chi connectivity index (χ0n) is 11.1. The van der Waals surface area contributed by atoms with E-state index >= 15 is 0 Å². The molecule has 0 aromatic carbocycles. The van der Waals surface area contributed by atoms with Gasteiger partial charge in [0.05, 0.1) is 18.8 Å². The number of nitrogens with zero attached hydrogens (tertiary/aromatic N) is 1. The number of carbonyl (C=O) groups is 1. The van der Waals surface area contributed by atoms with Crippen LogP contribution in [0.3, 0.4) is 0 Å². The summed E-state index contributed by atoms with van der Waals surface area (Å²) in [6, 6.07) is 1.04. The molecule has 2 unspecified atom stereocenters. The van der Waals surface area contributed by atoms with Gasteiger partial charge < -0.3 is 14.4 Å². The Bertz CT molecular complexity index is 278. The van der Waals surface area contributed by atoms with Gasteiger partial charge in [-0.05, 0) is 18.9 Å². The molecule has 2 fully saturated rings. The third-order valence-corrected chi connectivity index (χ3v) is 5.09.